The van der Waals surface area contributed by atoms with Crippen molar-refractivity contribution in [1.29, 1.82) is 0 Å². The fourth-order valence-electron chi connectivity index (χ4n) is 2.42. The smallest absolute Gasteiger partial charge is 0.159 e. The Kier molecular flexibility index (Phi) is 2.77. The van der Waals surface area contributed by atoms with Crippen LogP contribution in [0.4, 0.5) is 0 Å². The third kappa shape index (κ3) is 2.29. The van der Waals surface area contributed by atoms with Crippen LogP contribution in [0, 0.1) is 5.92 Å². The van der Waals surface area contributed by atoms with Crippen LogP contribution in [0.25, 0.3) is 11.0 Å². The molecule has 0 radical (unpaired) electrons. The Bertz CT molecular complexity index is 520. The van der Waals surface area contributed by atoms with Crippen LogP contribution in [-0.2, 0) is 6.42 Å². The number of fused-ring (bicyclic) bond motifs is 1. The molecule has 3 heteroatoms. The molecule has 2 aromatic heterocycles. The van der Waals surface area contributed by atoms with E-state index in [2.05, 4.69) is 22.1 Å². The van der Waals surface area contributed by atoms with E-state index in [9.17, 15) is 5.11 Å². The van der Waals surface area contributed by atoms with Gasteiger partial charge in [0.2, 0.25) is 0 Å². The Hall–Kier alpha value is -1.48. The molecule has 0 bridgehead atoms. The van der Waals surface area contributed by atoms with Crippen LogP contribution in [0.15, 0.2) is 30.5 Å². The van der Waals surface area contributed by atoms with E-state index in [0.29, 0.717) is 5.92 Å². The normalized spacial score (nSPS) is 23.6. The molecule has 2 heterocycles. The second-order valence-corrected chi connectivity index (χ2v) is 4.88. The molecule has 2 aromatic rings. The summed E-state index contributed by atoms with van der Waals surface area (Å²) in [4.78, 5) is 8.82. The number of rotatable bonds is 3. The van der Waals surface area contributed by atoms with Crippen molar-refractivity contribution < 1.29 is 5.11 Å². The minimum absolute atomic E-state index is 0.0498. The SMILES string of the molecule is O[C@H]1C[C@H](CCc2ccc3cccnc3n2)C1. The first-order valence-electron chi connectivity index (χ1n) is 6.20. The van der Waals surface area contributed by atoms with Gasteiger partial charge in [0, 0.05) is 17.3 Å². The first kappa shape index (κ1) is 10.7. The van der Waals surface area contributed by atoms with Gasteiger partial charge < -0.3 is 5.11 Å². The molecule has 0 unspecified atom stereocenters. The fourth-order valence-corrected chi connectivity index (χ4v) is 2.42. The summed E-state index contributed by atoms with van der Waals surface area (Å²) in [6.45, 7) is 0. The molecule has 17 heavy (non-hydrogen) atoms. The van der Waals surface area contributed by atoms with Crippen LogP contribution >= 0.6 is 0 Å². The molecule has 1 aliphatic rings. The summed E-state index contributed by atoms with van der Waals surface area (Å²) >= 11 is 0. The highest BCUT2D eigenvalue weighted by Gasteiger charge is 2.26. The molecule has 1 saturated carbocycles. The summed E-state index contributed by atoms with van der Waals surface area (Å²) < 4.78 is 0. The number of hydrogen-bond acceptors (Lipinski definition) is 3. The topological polar surface area (TPSA) is 46.0 Å². The maximum Gasteiger partial charge on any atom is 0.159 e. The Morgan fingerprint density at radius 2 is 2.12 bits per heavy atom. The van der Waals surface area contributed by atoms with Crippen molar-refractivity contribution in [3.8, 4) is 0 Å². The Labute approximate surface area is 101 Å². The summed E-state index contributed by atoms with van der Waals surface area (Å²) in [5.41, 5.74) is 1.94. The molecule has 0 saturated heterocycles. The second kappa shape index (κ2) is 4.41. The lowest BCUT2D eigenvalue weighted by Crippen LogP contribution is -2.28. The van der Waals surface area contributed by atoms with E-state index < -0.39 is 0 Å². The maximum atomic E-state index is 9.23. The highest BCUT2D eigenvalue weighted by Crippen LogP contribution is 2.31. The molecule has 3 nitrogen and oxygen atoms in total. The molecule has 88 valence electrons. The number of hydrogen-bond donors (Lipinski definition) is 1. The zero-order valence-corrected chi connectivity index (χ0v) is 9.71. The molecule has 0 amide bonds. The number of aromatic nitrogens is 2. The lowest BCUT2D eigenvalue weighted by Gasteiger charge is -2.31. The summed E-state index contributed by atoms with van der Waals surface area (Å²) in [5, 5.41) is 10.3. The lowest BCUT2D eigenvalue weighted by molar-refractivity contribution is 0.0392. The number of nitrogens with zero attached hydrogens (tertiary/aromatic N) is 2. The standard InChI is InChI=1S/C14H16N2O/c17-13-8-10(9-13)3-5-12-6-4-11-2-1-7-15-14(11)16-12/h1-2,4,6-7,10,13,17H,3,5,8-9H2/t10-,13-. The van der Waals surface area contributed by atoms with Gasteiger partial charge >= 0.3 is 0 Å². The molecule has 1 N–H and O–H groups in total. The monoisotopic (exact) mass is 228 g/mol. The van der Waals surface area contributed by atoms with Crippen molar-refractivity contribution in [2.75, 3.05) is 0 Å². The van der Waals surface area contributed by atoms with Crippen molar-refractivity contribution in [3.05, 3.63) is 36.2 Å². The molecule has 1 aliphatic carbocycles. The molecular weight excluding hydrogens is 212 g/mol. The Morgan fingerprint density at radius 1 is 1.24 bits per heavy atom. The van der Waals surface area contributed by atoms with Gasteiger partial charge in [-0.3, -0.25) is 0 Å². The average molecular weight is 228 g/mol. The van der Waals surface area contributed by atoms with E-state index in [1.54, 1.807) is 6.20 Å². The van der Waals surface area contributed by atoms with E-state index in [0.717, 1.165) is 42.4 Å². The maximum absolute atomic E-state index is 9.23. The van der Waals surface area contributed by atoms with Gasteiger partial charge in [-0.05, 0) is 55.9 Å². The predicted molar refractivity (Wildman–Crippen MR) is 66.6 cm³/mol. The van der Waals surface area contributed by atoms with Crippen LogP contribution in [0.1, 0.15) is 25.0 Å². The molecular formula is C14H16N2O. The van der Waals surface area contributed by atoms with Crippen LogP contribution in [0.3, 0.4) is 0 Å². The van der Waals surface area contributed by atoms with Gasteiger partial charge in [-0.1, -0.05) is 0 Å². The molecule has 0 atom stereocenters. The average Bonchev–Trinajstić information content (AvgIpc) is 2.33. The van der Waals surface area contributed by atoms with E-state index in [1.807, 2.05) is 12.1 Å². The first-order chi connectivity index (χ1) is 8.31. The van der Waals surface area contributed by atoms with Gasteiger partial charge in [-0.15, -0.1) is 0 Å². The van der Waals surface area contributed by atoms with E-state index in [-0.39, 0.29) is 6.10 Å². The second-order valence-electron chi connectivity index (χ2n) is 4.88. The third-order valence-corrected chi connectivity index (χ3v) is 3.54. The Morgan fingerprint density at radius 3 is 2.94 bits per heavy atom. The minimum Gasteiger partial charge on any atom is -0.393 e. The highest BCUT2D eigenvalue weighted by molar-refractivity contribution is 5.74. The van der Waals surface area contributed by atoms with Crippen LogP contribution in [0.5, 0.6) is 0 Å². The van der Waals surface area contributed by atoms with E-state index in [1.165, 1.54) is 0 Å². The quantitative estimate of drug-likeness (QED) is 0.877. The first-order valence-corrected chi connectivity index (χ1v) is 6.20. The summed E-state index contributed by atoms with van der Waals surface area (Å²) in [6.07, 6.45) is 5.77. The zero-order valence-electron chi connectivity index (χ0n) is 9.71. The van der Waals surface area contributed by atoms with Gasteiger partial charge in [0.05, 0.1) is 6.10 Å². The lowest BCUT2D eigenvalue weighted by atomic mass is 9.79. The molecule has 1 fully saturated rings. The van der Waals surface area contributed by atoms with Gasteiger partial charge in [0.15, 0.2) is 5.65 Å². The van der Waals surface area contributed by atoms with E-state index >= 15 is 0 Å². The summed E-state index contributed by atoms with van der Waals surface area (Å²) in [7, 11) is 0. The largest absolute Gasteiger partial charge is 0.393 e. The van der Waals surface area contributed by atoms with Gasteiger partial charge in [0.1, 0.15) is 0 Å². The van der Waals surface area contributed by atoms with E-state index in [4.69, 9.17) is 0 Å². The predicted octanol–water partition coefficient (Wildman–Crippen LogP) is 2.33. The fraction of sp³-hybridized carbons (Fsp3) is 0.429. The van der Waals surface area contributed by atoms with Gasteiger partial charge in [-0.25, -0.2) is 9.97 Å². The number of aliphatic hydroxyl groups is 1. The number of aliphatic hydroxyl groups excluding tert-OH is 1. The van der Waals surface area contributed by atoms with Crippen LogP contribution in [0.2, 0.25) is 0 Å². The summed E-state index contributed by atoms with van der Waals surface area (Å²) in [6, 6.07) is 8.13. The highest BCUT2D eigenvalue weighted by atomic mass is 16.3. The Balaban J connectivity index is 1.68. The van der Waals surface area contributed by atoms with Crippen molar-refractivity contribution in [1.82, 2.24) is 9.97 Å². The molecule has 3 rings (SSSR count). The van der Waals surface area contributed by atoms with Crippen LogP contribution in [-0.4, -0.2) is 21.2 Å². The van der Waals surface area contributed by atoms with Crippen molar-refractivity contribution in [2.45, 2.75) is 31.8 Å². The van der Waals surface area contributed by atoms with Gasteiger partial charge in [-0.2, -0.15) is 0 Å². The van der Waals surface area contributed by atoms with Gasteiger partial charge in [0.25, 0.3) is 0 Å². The summed E-state index contributed by atoms with van der Waals surface area (Å²) in [5.74, 6) is 0.686. The van der Waals surface area contributed by atoms with Crippen molar-refractivity contribution in [2.24, 2.45) is 5.92 Å². The van der Waals surface area contributed by atoms with Crippen molar-refractivity contribution >= 4 is 11.0 Å². The third-order valence-electron chi connectivity index (χ3n) is 3.54. The molecule has 0 aromatic carbocycles. The zero-order chi connectivity index (χ0) is 11.7. The van der Waals surface area contributed by atoms with Crippen LogP contribution < -0.4 is 0 Å². The van der Waals surface area contributed by atoms with Crippen molar-refractivity contribution in [3.63, 3.8) is 0 Å². The molecule has 0 aliphatic heterocycles. The number of aryl methyl sites for hydroxylation is 1. The molecule has 0 spiro atoms. The number of pyridine rings is 2. The minimum atomic E-state index is -0.0498.